The lowest BCUT2D eigenvalue weighted by Crippen LogP contribution is -2.08. The van der Waals surface area contributed by atoms with Crippen LogP contribution in [0.5, 0.6) is 0 Å². The largest absolute Gasteiger partial charge is 0.460 e. The van der Waals surface area contributed by atoms with Gasteiger partial charge >= 0.3 is 5.97 Å². The number of hydrogen-bond donors (Lipinski definition) is 1. The Morgan fingerprint density at radius 3 is 2.76 bits per heavy atom. The topological polar surface area (TPSA) is 55.0 Å². The van der Waals surface area contributed by atoms with Gasteiger partial charge in [0.2, 0.25) is 5.82 Å². The summed E-state index contributed by atoms with van der Waals surface area (Å²) in [7, 11) is 0. The van der Waals surface area contributed by atoms with Gasteiger partial charge in [0.05, 0.1) is 12.3 Å². The van der Waals surface area contributed by atoms with Crippen molar-refractivity contribution in [3.8, 4) is 0 Å². The molecule has 0 bridgehead atoms. The predicted octanol–water partition coefficient (Wildman–Crippen LogP) is 2.94. The summed E-state index contributed by atoms with van der Waals surface area (Å²) in [5.41, 5.74) is 2.08. The quantitative estimate of drug-likeness (QED) is 0.821. The summed E-state index contributed by atoms with van der Waals surface area (Å²) in [6.45, 7) is 4.17. The summed E-state index contributed by atoms with van der Waals surface area (Å²) in [4.78, 5) is 19.0. The molecule has 4 heteroatoms. The number of nitrogens with zero attached hydrogens (tertiary/aromatic N) is 1. The van der Waals surface area contributed by atoms with Crippen LogP contribution in [0.15, 0.2) is 0 Å². The van der Waals surface area contributed by atoms with Gasteiger partial charge in [-0.1, -0.05) is 19.3 Å². The molecule has 1 N–H and O–H groups in total. The SMILES string of the molecule is CCOC(=O)c1nc(C2CCCCC2)c(C)[nH]1. The van der Waals surface area contributed by atoms with Gasteiger partial charge in [-0.2, -0.15) is 0 Å². The maximum Gasteiger partial charge on any atom is 0.374 e. The Morgan fingerprint density at radius 2 is 2.12 bits per heavy atom. The monoisotopic (exact) mass is 236 g/mol. The van der Waals surface area contributed by atoms with Crippen LogP contribution < -0.4 is 0 Å². The molecule has 1 aliphatic rings. The summed E-state index contributed by atoms with van der Waals surface area (Å²) in [5, 5.41) is 0. The smallest absolute Gasteiger partial charge is 0.374 e. The highest BCUT2D eigenvalue weighted by molar-refractivity contribution is 5.85. The van der Waals surface area contributed by atoms with E-state index in [1.165, 1.54) is 32.1 Å². The lowest BCUT2D eigenvalue weighted by atomic mass is 9.86. The number of carbonyl (C=O) groups is 1. The first-order chi connectivity index (χ1) is 8.22. The standard InChI is InChI=1S/C13H20N2O2/c1-3-17-13(16)12-14-9(2)11(15-12)10-7-5-4-6-8-10/h10H,3-8H2,1-2H3,(H,14,15). The Labute approximate surface area is 102 Å². The van der Waals surface area contributed by atoms with E-state index in [2.05, 4.69) is 9.97 Å². The number of carbonyl (C=O) groups excluding carboxylic acids is 1. The second-order valence-corrected chi connectivity index (χ2v) is 4.65. The van der Waals surface area contributed by atoms with Crippen molar-refractivity contribution in [3.05, 3.63) is 17.2 Å². The van der Waals surface area contributed by atoms with E-state index in [9.17, 15) is 4.79 Å². The van der Waals surface area contributed by atoms with Gasteiger partial charge in [-0.15, -0.1) is 0 Å². The first-order valence-corrected chi connectivity index (χ1v) is 6.46. The van der Waals surface area contributed by atoms with E-state index < -0.39 is 0 Å². The lowest BCUT2D eigenvalue weighted by Gasteiger charge is -2.20. The van der Waals surface area contributed by atoms with E-state index >= 15 is 0 Å². The Balaban J connectivity index is 2.15. The van der Waals surface area contributed by atoms with E-state index in [1.54, 1.807) is 6.92 Å². The molecule has 0 radical (unpaired) electrons. The van der Waals surface area contributed by atoms with Gasteiger partial charge < -0.3 is 9.72 Å². The third-order valence-electron chi connectivity index (χ3n) is 3.38. The lowest BCUT2D eigenvalue weighted by molar-refractivity contribution is 0.0513. The van der Waals surface area contributed by atoms with Crippen molar-refractivity contribution in [2.45, 2.75) is 51.9 Å². The summed E-state index contributed by atoms with van der Waals surface area (Å²) < 4.78 is 4.95. The second kappa shape index (κ2) is 5.34. The minimum absolute atomic E-state index is 0.349. The van der Waals surface area contributed by atoms with Crippen molar-refractivity contribution < 1.29 is 9.53 Å². The third kappa shape index (κ3) is 2.68. The molecule has 0 aromatic carbocycles. The number of hydrogen-bond acceptors (Lipinski definition) is 3. The van der Waals surface area contributed by atoms with Crippen LogP contribution in [0.25, 0.3) is 0 Å². The fourth-order valence-corrected chi connectivity index (χ4v) is 2.54. The van der Waals surface area contributed by atoms with Crippen LogP contribution in [-0.2, 0) is 4.74 Å². The predicted molar refractivity (Wildman–Crippen MR) is 65.1 cm³/mol. The van der Waals surface area contributed by atoms with Crippen molar-refractivity contribution in [2.24, 2.45) is 0 Å². The molecule has 1 fully saturated rings. The van der Waals surface area contributed by atoms with Gasteiger partial charge in [0.15, 0.2) is 0 Å². The maximum atomic E-state index is 11.6. The number of aryl methyl sites for hydroxylation is 1. The fourth-order valence-electron chi connectivity index (χ4n) is 2.54. The van der Waals surface area contributed by atoms with Crippen LogP contribution in [0, 0.1) is 6.92 Å². The van der Waals surface area contributed by atoms with Crippen LogP contribution in [-0.4, -0.2) is 22.5 Å². The van der Waals surface area contributed by atoms with Crippen molar-refractivity contribution in [1.82, 2.24) is 9.97 Å². The molecule has 94 valence electrons. The number of nitrogens with one attached hydrogen (secondary N) is 1. The molecule has 17 heavy (non-hydrogen) atoms. The number of rotatable bonds is 3. The van der Waals surface area contributed by atoms with Gasteiger partial charge in [0.25, 0.3) is 0 Å². The molecule has 4 nitrogen and oxygen atoms in total. The van der Waals surface area contributed by atoms with Crippen LogP contribution >= 0.6 is 0 Å². The highest BCUT2D eigenvalue weighted by atomic mass is 16.5. The third-order valence-corrected chi connectivity index (χ3v) is 3.38. The van der Waals surface area contributed by atoms with Crippen molar-refractivity contribution in [2.75, 3.05) is 6.61 Å². The summed E-state index contributed by atoms with van der Waals surface area (Å²) in [6, 6.07) is 0. The molecule has 1 aliphatic carbocycles. The number of aromatic amines is 1. The minimum atomic E-state index is -0.349. The Bertz CT molecular complexity index is 392. The van der Waals surface area contributed by atoms with Crippen molar-refractivity contribution >= 4 is 5.97 Å². The number of imidazole rings is 1. The van der Waals surface area contributed by atoms with Crippen LogP contribution in [0.4, 0.5) is 0 Å². The zero-order valence-corrected chi connectivity index (χ0v) is 10.6. The number of esters is 1. The minimum Gasteiger partial charge on any atom is -0.460 e. The van der Waals surface area contributed by atoms with Crippen LogP contribution in [0.3, 0.4) is 0 Å². The van der Waals surface area contributed by atoms with E-state index in [4.69, 9.17) is 4.74 Å². The second-order valence-electron chi connectivity index (χ2n) is 4.65. The molecule has 1 heterocycles. The molecule has 0 spiro atoms. The maximum absolute atomic E-state index is 11.6. The Kier molecular flexibility index (Phi) is 3.82. The van der Waals surface area contributed by atoms with Crippen molar-refractivity contribution in [1.29, 1.82) is 0 Å². The Morgan fingerprint density at radius 1 is 1.41 bits per heavy atom. The van der Waals surface area contributed by atoms with E-state index in [0.29, 0.717) is 18.3 Å². The average Bonchev–Trinajstić information content (AvgIpc) is 2.73. The first-order valence-electron chi connectivity index (χ1n) is 6.46. The van der Waals surface area contributed by atoms with E-state index in [1.807, 2.05) is 6.92 Å². The Hall–Kier alpha value is -1.32. The van der Waals surface area contributed by atoms with E-state index in [-0.39, 0.29) is 5.97 Å². The molecular weight excluding hydrogens is 216 g/mol. The summed E-state index contributed by atoms with van der Waals surface area (Å²) in [5.74, 6) is 0.519. The molecule has 0 saturated heterocycles. The van der Waals surface area contributed by atoms with Gasteiger partial charge in [0, 0.05) is 11.6 Å². The normalized spacial score (nSPS) is 17.1. The molecule has 1 aromatic rings. The van der Waals surface area contributed by atoms with Crippen LogP contribution in [0.1, 0.15) is 67.0 Å². The summed E-state index contributed by atoms with van der Waals surface area (Å²) >= 11 is 0. The van der Waals surface area contributed by atoms with Gasteiger partial charge in [-0.3, -0.25) is 0 Å². The molecular formula is C13H20N2O2. The van der Waals surface area contributed by atoms with Gasteiger partial charge in [-0.05, 0) is 26.7 Å². The highest BCUT2D eigenvalue weighted by Gasteiger charge is 2.22. The molecule has 0 amide bonds. The molecule has 1 aromatic heterocycles. The molecule has 0 unspecified atom stereocenters. The average molecular weight is 236 g/mol. The van der Waals surface area contributed by atoms with E-state index in [0.717, 1.165) is 11.4 Å². The first kappa shape index (κ1) is 12.1. The molecule has 0 atom stereocenters. The van der Waals surface area contributed by atoms with Gasteiger partial charge in [0.1, 0.15) is 0 Å². The molecule has 1 saturated carbocycles. The van der Waals surface area contributed by atoms with Crippen molar-refractivity contribution in [3.63, 3.8) is 0 Å². The molecule has 0 aliphatic heterocycles. The number of H-pyrrole nitrogens is 1. The zero-order valence-electron chi connectivity index (χ0n) is 10.6. The summed E-state index contributed by atoms with van der Waals surface area (Å²) in [6.07, 6.45) is 6.24. The number of aromatic nitrogens is 2. The highest BCUT2D eigenvalue weighted by Crippen LogP contribution is 2.33. The van der Waals surface area contributed by atoms with Crippen LogP contribution in [0.2, 0.25) is 0 Å². The fraction of sp³-hybridized carbons (Fsp3) is 0.692. The molecule has 2 rings (SSSR count). The number of ether oxygens (including phenoxy) is 1. The van der Waals surface area contributed by atoms with Gasteiger partial charge in [-0.25, -0.2) is 9.78 Å². The zero-order chi connectivity index (χ0) is 12.3.